The van der Waals surface area contributed by atoms with Gasteiger partial charge in [0.15, 0.2) is 0 Å². The van der Waals surface area contributed by atoms with E-state index in [1.54, 1.807) is 24.3 Å². The number of hydrogen-bond donors (Lipinski definition) is 2. The Morgan fingerprint density at radius 3 is 2.89 bits per heavy atom. The van der Waals surface area contributed by atoms with E-state index in [-0.39, 0.29) is 19.2 Å². The van der Waals surface area contributed by atoms with Crippen LogP contribution >= 0.6 is 11.6 Å². The SMILES string of the molecule is O=C(Nc1ccc(Cl)cc1)N1CCOCC(O)C1. The first kappa shape index (κ1) is 13.1. The normalized spacial score (nSPS) is 20.3. The Hall–Kier alpha value is -1.30. The molecule has 1 heterocycles. The number of hydrogen-bond acceptors (Lipinski definition) is 3. The van der Waals surface area contributed by atoms with Crippen LogP contribution in [0.15, 0.2) is 24.3 Å². The summed E-state index contributed by atoms with van der Waals surface area (Å²) in [5.41, 5.74) is 0.670. The van der Waals surface area contributed by atoms with Crippen molar-refractivity contribution in [1.82, 2.24) is 4.90 Å². The predicted molar refractivity (Wildman–Crippen MR) is 68.9 cm³/mol. The molecule has 1 aromatic rings. The quantitative estimate of drug-likeness (QED) is 0.814. The van der Waals surface area contributed by atoms with Crippen LogP contribution in [-0.2, 0) is 4.74 Å². The molecule has 0 saturated carbocycles. The number of anilines is 1. The van der Waals surface area contributed by atoms with E-state index in [4.69, 9.17) is 16.3 Å². The lowest BCUT2D eigenvalue weighted by atomic mass is 10.3. The Kier molecular flexibility index (Phi) is 4.41. The highest BCUT2D eigenvalue weighted by molar-refractivity contribution is 6.30. The van der Waals surface area contributed by atoms with Crippen molar-refractivity contribution < 1.29 is 14.6 Å². The number of rotatable bonds is 1. The second kappa shape index (κ2) is 6.04. The number of ether oxygens (including phenoxy) is 1. The van der Waals surface area contributed by atoms with Crippen molar-refractivity contribution >= 4 is 23.3 Å². The van der Waals surface area contributed by atoms with Gasteiger partial charge in [-0.1, -0.05) is 11.6 Å². The van der Waals surface area contributed by atoms with Crippen molar-refractivity contribution in [1.29, 1.82) is 0 Å². The third-order valence-electron chi connectivity index (χ3n) is 2.63. The van der Waals surface area contributed by atoms with Crippen molar-refractivity contribution in [2.75, 3.05) is 31.6 Å². The summed E-state index contributed by atoms with van der Waals surface area (Å²) in [6.45, 7) is 1.45. The van der Waals surface area contributed by atoms with E-state index in [1.165, 1.54) is 4.90 Å². The highest BCUT2D eigenvalue weighted by Gasteiger charge is 2.20. The van der Waals surface area contributed by atoms with Gasteiger partial charge in [-0.2, -0.15) is 0 Å². The number of aliphatic hydroxyl groups excluding tert-OH is 1. The van der Waals surface area contributed by atoms with Gasteiger partial charge in [-0.05, 0) is 24.3 Å². The minimum atomic E-state index is -0.636. The lowest BCUT2D eigenvalue weighted by Crippen LogP contribution is -2.40. The van der Waals surface area contributed by atoms with Crippen LogP contribution in [0, 0.1) is 0 Å². The second-order valence-corrected chi connectivity index (χ2v) is 4.55. The number of halogens is 1. The fourth-order valence-electron chi connectivity index (χ4n) is 1.71. The fraction of sp³-hybridized carbons (Fsp3) is 0.417. The van der Waals surface area contributed by atoms with E-state index in [2.05, 4.69) is 5.32 Å². The zero-order chi connectivity index (χ0) is 13.0. The van der Waals surface area contributed by atoms with Gasteiger partial charge in [0.05, 0.1) is 25.9 Å². The number of aliphatic hydroxyl groups is 1. The molecular formula is C12H15ClN2O3. The third kappa shape index (κ3) is 3.60. The first-order valence-electron chi connectivity index (χ1n) is 5.72. The van der Waals surface area contributed by atoms with Gasteiger partial charge in [0, 0.05) is 17.3 Å². The Bertz CT molecular complexity index is 410. The van der Waals surface area contributed by atoms with Gasteiger partial charge in [0.1, 0.15) is 0 Å². The summed E-state index contributed by atoms with van der Waals surface area (Å²) in [7, 11) is 0. The highest BCUT2D eigenvalue weighted by atomic mass is 35.5. The number of carbonyl (C=O) groups excluding carboxylic acids is 1. The van der Waals surface area contributed by atoms with Gasteiger partial charge in [0.2, 0.25) is 0 Å². The number of urea groups is 1. The zero-order valence-electron chi connectivity index (χ0n) is 9.80. The standard InChI is InChI=1S/C12H15ClN2O3/c13-9-1-3-10(4-2-9)14-12(17)15-5-6-18-8-11(16)7-15/h1-4,11,16H,5-8H2,(H,14,17). The Morgan fingerprint density at radius 2 is 2.17 bits per heavy atom. The predicted octanol–water partition coefficient (Wildman–Crippen LogP) is 1.56. The van der Waals surface area contributed by atoms with Crippen molar-refractivity contribution in [3.8, 4) is 0 Å². The molecule has 18 heavy (non-hydrogen) atoms. The van der Waals surface area contributed by atoms with Gasteiger partial charge in [0.25, 0.3) is 0 Å². The second-order valence-electron chi connectivity index (χ2n) is 4.11. The van der Waals surface area contributed by atoms with E-state index < -0.39 is 6.10 Å². The van der Waals surface area contributed by atoms with E-state index in [0.717, 1.165) is 0 Å². The van der Waals surface area contributed by atoms with Crippen molar-refractivity contribution in [2.24, 2.45) is 0 Å². The van der Waals surface area contributed by atoms with E-state index in [1.807, 2.05) is 0 Å². The lowest BCUT2D eigenvalue weighted by Gasteiger charge is -2.21. The number of nitrogens with zero attached hydrogens (tertiary/aromatic N) is 1. The average Bonchev–Trinajstić information content (AvgIpc) is 2.57. The summed E-state index contributed by atoms with van der Waals surface area (Å²) in [6, 6.07) is 6.62. The molecule has 0 spiro atoms. The molecular weight excluding hydrogens is 256 g/mol. The molecule has 5 nitrogen and oxygen atoms in total. The molecule has 6 heteroatoms. The molecule has 2 amide bonds. The van der Waals surface area contributed by atoms with Crippen LogP contribution in [0.3, 0.4) is 0 Å². The summed E-state index contributed by atoms with van der Waals surface area (Å²) < 4.78 is 5.16. The monoisotopic (exact) mass is 270 g/mol. The summed E-state index contributed by atoms with van der Waals surface area (Å²) in [5.74, 6) is 0. The molecule has 0 aromatic heterocycles. The van der Waals surface area contributed by atoms with Gasteiger partial charge in [-0.3, -0.25) is 0 Å². The Balaban J connectivity index is 1.96. The number of nitrogens with one attached hydrogen (secondary N) is 1. The molecule has 0 bridgehead atoms. The number of benzene rings is 1. The van der Waals surface area contributed by atoms with E-state index >= 15 is 0 Å². The summed E-state index contributed by atoms with van der Waals surface area (Å²) >= 11 is 5.76. The smallest absolute Gasteiger partial charge is 0.322 e. The molecule has 2 rings (SSSR count). The molecule has 98 valence electrons. The van der Waals surface area contributed by atoms with Crippen LogP contribution in [0.2, 0.25) is 5.02 Å². The molecule has 1 atom stereocenters. The molecule has 2 N–H and O–H groups in total. The minimum Gasteiger partial charge on any atom is -0.389 e. The van der Waals surface area contributed by atoms with Crippen LogP contribution in [0.25, 0.3) is 0 Å². The van der Waals surface area contributed by atoms with Gasteiger partial charge >= 0.3 is 6.03 Å². The lowest BCUT2D eigenvalue weighted by molar-refractivity contribution is 0.0575. The summed E-state index contributed by atoms with van der Waals surface area (Å²) in [6.07, 6.45) is -0.636. The van der Waals surface area contributed by atoms with Gasteiger partial charge < -0.3 is 20.1 Å². The van der Waals surface area contributed by atoms with Crippen molar-refractivity contribution in [2.45, 2.75) is 6.10 Å². The van der Waals surface area contributed by atoms with Crippen molar-refractivity contribution in [3.63, 3.8) is 0 Å². The molecule has 0 aliphatic carbocycles. The highest BCUT2D eigenvalue weighted by Crippen LogP contribution is 2.14. The summed E-state index contributed by atoms with van der Waals surface area (Å²) in [5, 5.41) is 12.9. The third-order valence-corrected chi connectivity index (χ3v) is 2.88. The number of carbonyl (C=O) groups is 1. The first-order valence-corrected chi connectivity index (χ1v) is 6.10. The van der Waals surface area contributed by atoms with Gasteiger partial charge in [-0.25, -0.2) is 4.79 Å². The molecule has 1 aliphatic heterocycles. The van der Waals surface area contributed by atoms with Crippen LogP contribution in [-0.4, -0.2) is 48.4 Å². The van der Waals surface area contributed by atoms with Crippen LogP contribution in [0.1, 0.15) is 0 Å². The van der Waals surface area contributed by atoms with Crippen molar-refractivity contribution in [3.05, 3.63) is 29.3 Å². The molecule has 0 radical (unpaired) electrons. The zero-order valence-corrected chi connectivity index (χ0v) is 10.6. The topological polar surface area (TPSA) is 61.8 Å². The molecule has 1 saturated heterocycles. The Labute approximate surface area is 110 Å². The van der Waals surface area contributed by atoms with Crippen LogP contribution < -0.4 is 5.32 Å². The fourth-order valence-corrected chi connectivity index (χ4v) is 1.84. The van der Waals surface area contributed by atoms with E-state index in [9.17, 15) is 9.90 Å². The maximum atomic E-state index is 12.0. The molecule has 1 unspecified atom stereocenters. The molecule has 1 aromatic carbocycles. The van der Waals surface area contributed by atoms with Gasteiger partial charge in [-0.15, -0.1) is 0 Å². The number of β-amino-alcohol motifs (C(OH)–C–C–N with tert-alkyl or cyclic N) is 1. The van der Waals surface area contributed by atoms with Crippen LogP contribution in [0.4, 0.5) is 10.5 Å². The maximum Gasteiger partial charge on any atom is 0.322 e. The average molecular weight is 271 g/mol. The maximum absolute atomic E-state index is 12.0. The number of amides is 2. The molecule has 1 fully saturated rings. The molecule has 1 aliphatic rings. The van der Waals surface area contributed by atoms with E-state index in [0.29, 0.717) is 23.9 Å². The van der Waals surface area contributed by atoms with Crippen LogP contribution in [0.5, 0.6) is 0 Å². The summed E-state index contributed by atoms with van der Waals surface area (Å²) in [4.78, 5) is 13.5. The first-order chi connectivity index (χ1) is 8.65. The Morgan fingerprint density at radius 1 is 1.44 bits per heavy atom. The largest absolute Gasteiger partial charge is 0.389 e. The minimum absolute atomic E-state index is 0.248.